The van der Waals surface area contributed by atoms with Gasteiger partial charge in [0, 0.05) is 18.8 Å². The van der Waals surface area contributed by atoms with Gasteiger partial charge in [-0.1, -0.05) is 0 Å². The summed E-state index contributed by atoms with van der Waals surface area (Å²) in [6.07, 6.45) is 0.242. The highest BCUT2D eigenvalue weighted by atomic mass is 16.5. The lowest BCUT2D eigenvalue weighted by molar-refractivity contribution is -0.153. The summed E-state index contributed by atoms with van der Waals surface area (Å²) in [4.78, 5) is 21.6. The molecule has 4 heteroatoms. The first-order valence-corrected chi connectivity index (χ1v) is 3.92. The van der Waals surface area contributed by atoms with Gasteiger partial charge in [-0.2, -0.15) is 0 Å². The molecule has 1 aliphatic rings. The van der Waals surface area contributed by atoms with E-state index in [9.17, 15) is 14.7 Å². The standard InChI is InChI=1S/C8H12O4/c1-12-8(11)7(10)5-2-3-6(9)4-5/h5,7,10H,2-4H2,1H3/t5-,7+/m1/s1. The number of ether oxygens (including phenoxy) is 1. The Kier molecular flexibility index (Phi) is 2.81. The molecule has 0 bridgehead atoms. The highest BCUT2D eigenvalue weighted by Gasteiger charge is 2.32. The van der Waals surface area contributed by atoms with Crippen molar-refractivity contribution in [1.82, 2.24) is 0 Å². The van der Waals surface area contributed by atoms with Crippen molar-refractivity contribution in [3.05, 3.63) is 0 Å². The van der Waals surface area contributed by atoms with E-state index in [1.165, 1.54) is 7.11 Å². The fourth-order valence-electron chi connectivity index (χ4n) is 1.43. The summed E-state index contributed by atoms with van der Waals surface area (Å²) in [7, 11) is 1.22. The predicted molar refractivity (Wildman–Crippen MR) is 40.4 cm³/mol. The minimum Gasteiger partial charge on any atom is -0.467 e. The van der Waals surface area contributed by atoms with Crippen LogP contribution in [-0.4, -0.2) is 30.1 Å². The fraction of sp³-hybridized carbons (Fsp3) is 0.750. The van der Waals surface area contributed by atoms with Crippen LogP contribution in [-0.2, 0) is 14.3 Å². The molecule has 68 valence electrons. The van der Waals surface area contributed by atoms with Crippen LogP contribution in [0.3, 0.4) is 0 Å². The second-order valence-electron chi connectivity index (χ2n) is 3.01. The second kappa shape index (κ2) is 3.67. The van der Waals surface area contributed by atoms with E-state index in [0.717, 1.165) is 0 Å². The van der Waals surface area contributed by atoms with E-state index >= 15 is 0 Å². The monoisotopic (exact) mass is 172 g/mol. The summed E-state index contributed by atoms with van der Waals surface area (Å²) >= 11 is 0. The average molecular weight is 172 g/mol. The largest absolute Gasteiger partial charge is 0.467 e. The van der Waals surface area contributed by atoms with Crippen molar-refractivity contribution in [1.29, 1.82) is 0 Å². The SMILES string of the molecule is COC(=O)[C@@H](O)[C@@H]1CCC(=O)C1. The predicted octanol–water partition coefficient (Wildman–Crippen LogP) is -0.111. The van der Waals surface area contributed by atoms with Gasteiger partial charge in [-0.15, -0.1) is 0 Å². The van der Waals surface area contributed by atoms with Gasteiger partial charge in [0.2, 0.25) is 0 Å². The Hall–Kier alpha value is -0.900. The summed E-state index contributed by atoms with van der Waals surface area (Å²) in [5, 5.41) is 9.31. The van der Waals surface area contributed by atoms with Gasteiger partial charge < -0.3 is 9.84 Å². The molecule has 1 N–H and O–H groups in total. The lowest BCUT2D eigenvalue weighted by Crippen LogP contribution is -2.29. The van der Waals surface area contributed by atoms with E-state index in [2.05, 4.69) is 4.74 Å². The van der Waals surface area contributed by atoms with Crippen LogP contribution >= 0.6 is 0 Å². The topological polar surface area (TPSA) is 63.6 Å². The molecule has 0 heterocycles. The highest BCUT2D eigenvalue weighted by molar-refractivity contribution is 5.83. The van der Waals surface area contributed by atoms with Gasteiger partial charge >= 0.3 is 5.97 Å². The maximum absolute atomic E-state index is 10.8. The number of ketones is 1. The Bertz CT molecular complexity index is 199. The van der Waals surface area contributed by atoms with E-state index in [0.29, 0.717) is 19.3 Å². The minimum atomic E-state index is -1.12. The summed E-state index contributed by atoms with van der Waals surface area (Å²) in [6, 6.07) is 0. The summed E-state index contributed by atoms with van der Waals surface area (Å²) < 4.78 is 4.36. The Morgan fingerprint density at radius 2 is 2.42 bits per heavy atom. The van der Waals surface area contributed by atoms with E-state index in [1.54, 1.807) is 0 Å². The number of aliphatic hydroxyl groups excluding tert-OH is 1. The van der Waals surface area contributed by atoms with Crippen molar-refractivity contribution in [2.75, 3.05) is 7.11 Å². The molecule has 4 nitrogen and oxygen atoms in total. The molecule has 2 atom stereocenters. The third-order valence-electron chi connectivity index (χ3n) is 2.17. The van der Waals surface area contributed by atoms with Crippen molar-refractivity contribution in [2.24, 2.45) is 5.92 Å². The third kappa shape index (κ3) is 1.82. The molecule has 0 aromatic carbocycles. The fourth-order valence-corrected chi connectivity index (χ4v) is 1.43. The Labute approximate surface area is 70.5 Å². The zero-order chi connectivity index (χ0) is 9.14. The Morgan fingerprint density at radius 3 is 2.83 bits per heavy atom. The molecular formula is C8H12O4. The molecule has 0 radical (unpaired) electrons. The van der Waals surface area contributed by atoms with E-state index < -0.39 is 12.1 Å². The maximum Gasteiger partial charge on any atom is 0.334 e. The molecule has 0 amide bonds. The summed E-state index contributed by atoms with van der Waals surface area (Å²) in [6.45, 7) is 0. The van der Waals surface area contributed by atoms with Crippen LogP contribution in [0.25, 0.3) is 0 Å². The average Bonchev–Trinajstić information content (AvgIpc) is 2.49. The number of hydrogen-bond donors (Lipinski definition) is 1. The van der Waals surface area contributed by atoms with Crippen LogP contribution < -0.4 is 0 Å². The molecule has 1 saturated carbocycles. The molecule has 0 saturated heterocycles. The van der Waals surface area contributed by atoms with Crippen LogP contribution in [0.5, 0.6) is 0 Å². The van der Waals surface area contributed by atoms with Crippen molar-refractivity contribution >= 4 is 11.8 Å². The third-order valence-corrected chi connectivity index (χ3v) is 2.17. The lowest BCUT2D eigenvalue weighted by Gasteiger charge is -2.13. The quantitative estimate of drug-likeness (QED) is 0.590. The summed E-state index contributed by atoms with van der Waals surface area (Å²) in [5.41, 5.74) is 0. The van der Waals surface area contributed by atoms with Gasteiger partial charge in [-0.05, 0) is 6.42 Å². The maximum atomic E-state index is 10.8. The first-order valence-electron chi connectivity index (χ1n) is 3.92. The van der Waals surface area contributed by atoms with E-state index in [-0.39, 0.29) is 11.7 Å². The second-order valence-corrected chi connectivity index (χ2v) is 3.01. The van der Waals surface area contributed by atoms with Crippen molar-refractivity contribution in [3.63, 3.8) is 0 Å². The van der Waals surface area contributed by atoms with Crippen LogP contribution in [0, 0.1) is 5.92 Å². The number of methoxy groups -OCH3 is 1. The van der Waals surface area contributed by atoms with Crippen molar-refractivity contribution < 1.29 is 19.4 Å². The van der Waals surface area contributed by atoms with Crippen LogP contribution in [0.1, 0.15) is 19.3 Å². The number of carbonyl (C=O) groups excluding carboxylic acids is 2. The molecule has 1 fully saturated rings. The molecule has 0 aromatic rings. The van der Waals surface area contributed by atoms with Crippen molar-refractivity contribution in [2.45, 2.75) is 25.4 Å². The lowest BCUT2D eigenvalue weighted by atomic mass is 10.0. The van der Waals surface area contributed by atoms with Gasteiger partial charge in [0.05, 0.1) is 7.11 Å². The molecule has 1 rings (SSSR count). The number of Topliss-reactive ketones (excluding diaryl/α,β-unsaturated/α-hetero) is 1. The van der Waals surface area contributed by atoms with Crippen LogP contribution in [0.2, 0.25) is 0 Å². The number of esters is 1. The number of rotatable bonds is 2. The van der Waals surface area contributed by atoms with E-state index in [1.807, 2.05) is 0 Å². The summed E-state index contributed by atoms with van der Waals surface area (Å²) in [5.74, 6) is -0.761. The smallest absolute Gasteiger partial charge is 0.334 e. The van der Waals surface area contributed by atoms with Gasteiger partial charge in [0.1, 0.15) is 5.78 Å². The van der Waals surface area contributed by atoms with Crippen LogP contribution in [0.15, 0.2) is 0 Å². The number of carbonyl (C=O) groups is 2. The Balaban J connectivity index is 2.48. The number of hydrogen-bond acceptors (Lipinski definition) is 4. The van der Waals surface area contributed by atoms with E-state index in [4.69, 9.17) is 0 Å². The zero-order valence-corrected chi connectivity index (χ0v) is 6.95. The highest BCUT2D eigenvalue weighted by Crippen LogP contribution is 2.25. The van der Waals surface area contributed by atoms with Gasteiger partial charge in [-0.3, -0.25) is 4.79 Å². The molecule has 0 spiro atoms. The number of aliphatic hydroxyl groups is 1. The van der Waals surface area contributed by atoms with Gasteiger partial charge in [-0.25, -0.2) is 4.79 Å². The molecular weight excluding hydrogens is 160 g/mol. The zero-order valence-electron chi connectivity index (χ0n) is 6.95. The molecule has 0 aromatic heterocycles. The Morgan fingerprint density at radius 1 is 1.75 bits per heavy atom. The first-order chi connectivity index (χ1) is 5.65. The van der Waals surface area contributed by atoms with Gasteiger partial charge in [0.15, 0.2) is 6.10 Å². The first kappa shape index (κ1) is 9.19. The molecule has 0 unspecified atom stereocenters. The molecule has 12 heavy (non-hydrogen) atoms. The normalized spacial score (nSPS) is 25.5. The van der Waals surface area contributed by atoms with Crippen molar-refractivity contribution in [3.8, 4) is 0 Å². The molecule has 0 aliphatic heterocycles. The molecule has 1 aliphatic carbocycles. The minimum absolute atomic E-state index is 0.114. The van der Waals surface area contributed by atoms with Gasteiger partial charge in [0.25, 0.3) is 0 Å². The van der Waals surface area contributed by atoms with Crippen LogP contribution in [0.4, 0.5) is 0 Å².